The van der Waals surface area contributed by atoms with Crippen molar-refractivity contribution in [2.75, 3.05) is 0 Å². The number of hydrogen-bond donors (Lipinski definition) is 1. The summed E-state index contributed by atoms with van der Waals surface area (Å²) in [7, 11) is 0. The minimum atomic E-state index is 0.0404. The number of rotatable bonds is 1. The van der Waals surface area contributed by atoms with Gasteiger partial charge >= 0.3 is 0 Å². The number of H-pyrrole nitrogens is 1. The fourth-order valence-corrected chi connectivity index (χ4v) is 2.49. The topological polar surface area (TPSA) is 32.9 Å². The summed E-state index contributed by atoms with van der Waals surface area (Å²) in [5, 5.41) is 0.752. The number of nitrogens with one attached hydrogen (secondary N) is 1. The Morgan fingerprint density at radius 3 is 2.29 bits per heavy atom. The van der Waals surface area contributed by atoms with E-state index < -0.39 is 0 Å². The average Bonchev–Trinajstić information content (AvgIpc) is 2.47. The molecule has 0 bridgehead atoms. The van der Waals surface area contributed by atoms with Crippen LogP contribution in [0.3, 0.4) is 0 Å². The molecule has 0 saturated carbocycles. The molecule has 0 radical (unpaired) electrons. The summed E-state index contributed by atoms with van der Waals surface area (Å²) < 4.78 is 0. The summed E-state index contributed by atoms with van der Waals surface area (Å²) in [6.07, 6.45) is 0. The number of fused-ring (bicyclic) bond motifs is 1. The van der Waals surface area contributed by atoms with Gasteiger partial charge < -0.3 is 4.98 Å². The molecule has 0 aliphatic carbocycles. The second-order valence-electron chi connectivity index (χ2n) is 6.42. The molecular weight excluding hydrogens is 258 g/mol. The highest BCUT2D eigenvalue weighted by atomic mass is 16.1. The summed E-state index contributed by atoms with van der Waals surface area (Å²) >= 11 is 0. The minimum absolute atomic E-state index is 0.0404. The van der Waals surface area contributed by atoms with Crippen LogP contribution in [0.15, 0.2) is 59.4 Å². The molecule has 3 rings (SSSR count). The van der Waals surface area contributed by atoms with Gasteiger partial charge in [-0.15, -0.1) is 0 Å². The standard InChI is InChI=1S/C19H19NO/c1-19(2,3)14-9-10-16-15(11-14)18(21)12-17(20-16)13-7-5-4-6-8-13/h4-12H,1-3H3,(H,20,21). The van der Waals surface area contributed by atoms with E-state index in [1.54, 1.807) is 6.07 Å². The molecule has 0 aliphatic rings. The van der Waals surface area contributed by atoms with E-state index >= 15 is 0 Å². The van der Waals surface area contributed by atoms with Crippen LogP contribution in [0, 0.1) is 0 Å². The highest BCUT2D eigenvalue weighted by Crippen LogP contribution is 2.25. The zero-order valence-electron chi connectivity index (χ0n) is 12.6. The smallest absolute Gasteiger partial charge is 0.190 e. The first kappa shape index (κ1) is 13.6. The first-order chi connectivity index (χ1) is 9.95. The monoisotopic (exact) mass is 277 g/mol. The van der Waals surface area contributed by atoms with E-state index in [1.807, 2.05) is 42.5 Å². The lowest BCUT2D eigenvalue weighted by Gasteiger charge is -2.19. The number of benzene rings is 2. The SMILES string of the molecule is CC(C)(C)c1ccc2[nH]c(-c3ccccc3)cc(=O)c2c1. The Morgan fingerprint density at radius 2 is 1.62 bits per heavy atom. The molecule has 1 heterocycles. The molecule has 1 N–H and O–H groups in total. The molecule has 0 amide bonds. The number of aromatic nitrogens is 1. The quantitative estimate of drug-likeness (QED) is 0.698. The Morgan fingerprint density at radius 1 is 0.905 bits per heavy atom. The van der Waals surface area contributed by atoms with Crippen molar-refractivity contribution < 1.29 is 0 Å². The van der Waals surface area contributed by atoms with E-state index in [0.29, 0.717) is 0 Å². The predicted molar refractivity (Wildman–Crippen MR) is 88.7 cm³/mol. The maximum Gasteiger partial charge on any atom is 0.190 e. The molecule has 0 aliphatic heterocycles. The van der Waals surface area contributed by atoms with E-state index in [0.717, 1.165) is 22.2 Å². The number of hydrogen-bond acceptors (Lipinski definition) is 1. The molecule has 2 aromatic carbocycles. The van der Waals surface area contributed by atoms with Gasteiger partial charge in [0.15, 0.2) is 5.43 Å². The van der Waals surface area contributed by atoms with Crippen LogP contribution in [0.4, 0.5) is 0 Å². The fourth-order valence-electron chi connectivity index (χ4n) is 2.49. The van der Waals surface area contributed by atoms with Crippen molar-refractivity contribution in [2.24, 2.45) is 0 Å². The van der Waals surface area contributed by atoms with Crippen molar-refractivity contribution in [3.8, 4) is 11.3 Å². The number of pyridine rings is 1. The summed E-state index contributed by atoms with van der Waals surface area (Å²) in [5.41, 5.74) is 4.04. The van der Waals surface area contributed by atoms with Crippen LogP contribution in [0.1, 0.15) is 26.3 Å². The van der Waals surface area contributed by atoms with Gasteiger partial charge in [-0.2, -0.15) is 0 Å². The Bertz CT molecular complexity index is 839. The van der Waals surface area contributed by atoms with E-state index in [4.69, 9.17) is 0 Å². The lowest BCUT2D eigenvalue weighted by molar-refractivity contribution is 0.591. The molecule has 21 heavy (non-hydrogen) atoms. The first-order valence-electron chi connectivity index (χ1n) is 7.18. The third kappa shape index (κ3) is 2.62. The maximum atomic E-state index is 12.4. The molecule has 3 aromatic rings. The molecule has 0 fully saturated rings. The zero-order chi connectivity index (χ0) is 15.0. The molecule has 0 atom stereocenters. The van der Waals surface area contributed by atoms with E-state index in [9.17, 15) is 4.79 Å². The molecular formula is C19H19NO. The molecule has 1 aromatic heterocycles. The summed E-state index contributed by atoms with van der Waals surface area (Å²) in [6.45, 7) is 6.46. The molecule has 0 saturated heterocycles. The van der Waals surface area contributed by atoms with Crippen molar-refractivity contribution in [1.82, 2.24) is 4.98 Å². The lowest BCUT2D eigenvalue weighted by atomic mass is 9.86. The van der Waals surface area contributed by atoms with Crippen LogP contribution in [0.2, 0.25) is 0 Å². The summed E-state index contributed by atoms with van der Waals surface area (Å²) in [6, 6.07) is 17.7. The van der Waals surface area contributed by atoms with Gasteiger partial charge in [-0.1, -0.05) is 57.2 Å². The van der Waals surface area contributed by atoms with Crippen molar-refractivity contribution in [2.45, 2.75) is 26.2 Å². The van der Waals surface area contributed by atoms with Gasteiger partial charge in [0, 0.05) is 22.7 Å². The highest BCUT2D eigenvalue weighted by molar-refractivity contribution is 5.82. The van der Waals surface area contributed by atoms with Crippen LogP contribution in [0.5, 0.6) is 0 Å². The van der Waals surface area contributed by atoms with Crippen LogP contribution >= 0.6 is 0 Å². The van der Waals surface area contributed by atoms with Crippen LogP contribution in [-0.4, -0.2) is 4.98 Å². The number of aromatic amines is 1. The predicted octanol–water partition coefficient (Wildman–Crippen LogP) is 4.49. The molecule has 2 nitrogen and oxygen atoms in total. The van der Waals surface area contributed by atoms with E-state index in [1.165, 1.54) is 5.56 Å². The molecule has 0 unspecified atom stereocenters. The minimum Gasteiger partial charge on any atom is -0.354 e. The third-order valence-electron chi connectivity index (χ3n) is 3.78. The summed E-state index contributed by atoms with van der Waals surface area (Å²) in [5.74, 6) is 0. The Hall–Kier alpha value is -2.35. The Labute approximate surface area is 124 Å². The van der Waals surface area contributed by atoms with Crippen LogP contribution < -0.4 is 5.43 Å². The van der Waals surface area contributed by atoms with Gasteiger partial charge in [0.2, 0.25) is 0 Å². The van der Waals surface area contributed by atoms with Crippen molar-refractivity contribution in [3.05, 3.63) is 70.4 Å². The van der Waals surface area contributed by atoms with E-state index in [-0.39, 0.29) is 10.8 Å². The van der Waals surface area contributed by atoms with Gasteiger partial charge in [-0.25, -0.2) is 0 Å². The molecule has 106 valence electrons. The fraction of sp³-hybridized carbons (Fsp3) is 0.211. The van der Waals surface area contributed by atoms with E-state index in [2.05, 4.69) is 31.8 Å². The second-order valence-corrected chi connectivity index (χ2v) is 6.42. The molecule has 0 spiro atoms. The largest absolute Gasteiger partial charge is 0.354 e. The van der Waals surface area contributed by atoms with Crippen LogP contribution in [0.25, 0.3) is 22.2 Å². The van der Waals surface area contributed by atoms with Gasteiger partial charge in [0.1, 0.15) is 0 Å². The Kier molecular flexibility index (Phi) is 3.17. The van der Waals surface area contributed by atoms with Crippen molar-refractivity contribution in [3.63, 3.8) is 0 Å². The normalized spacial score (nSPS) is 11.8. The van der Waals surface area contributed by atoms with Crippen molar-refractivity contribution in [1.29, 1.82) is 0 Å². The first-order valence-corrected chi connectivity index (χ1v) is 7.18. The zero-order valence-corrected chi connectivity index (χ0v) is 12.6. The van der Waals surface area contributed by atoms with Gasteiger partial charge in [0.25, 0.3) is 0 Å². The van der Waals surface area contributed by atoms with Gasteiger partial charge in [0.05, 0.1) is 0 Å². The van der Waals surface area contributed by atoms with Gasteiger partial charge in [-0.05, 0) is 28.7 Å². The van der Waals surface area contributed by atoms with Gasteiger partial charge in [-0.3, -0.25) is 4.79 Å². The third-order valence-corrected chi connectivity index (χ3v) is 3.78. The van der Waals surface area contributed by atoms with Crippen LogP contribution in [-0.2, 0) is 5.41 Å². The molecule has 2 heteroatoms. The van der Waals surface area contributed by atoms with Crippen molar-refractivity contribution >= 4 is 10.9 Å². The average molecular weight is 277 g/mol. The maximum absolute atomic E-state index is 12.4. The lowest BCUT2D eigenvalue weighted by Crippen LogP contribution is -2.12. The summed E-state index contributed by atoms with van der Waals surface area (Å²) in [4.78, 5) is 15.8. The Balaban J connectivity index is 2.21. The highest BCUT2D eigenvalue weighted by Gasteiger charge is 2.15. The second kappa shape index (κ2) is 4.88.